The minimum atomic E-state index is -0.787. The van der Waals surface area contributed by atoms with Gasteiger partial charge in [0, 0.05) is 6.54 Å². The summed E-state index contributed by atoms with van der Waals surface area (Å²) in [6.45, 7) is 4.27. The van der Waals surface area contributed by atoms with Gasteiger partial charge in [0.2, 0.25) is 5.91 Å². The standard InChI is InChI=1S/C17H26N2O2/c1-17(2,21)12-19(3)11-15(20)18-16(14-9-10-14)13-7-5-4-6-8-13/h4-8,14,16,21H,9-12H2,1-3H3,(H,18,20). The molecular formula is C17H26N2O2. The first kappa shape index (κ1) is 16.0. The van der Waals surface area contributed by atoms with Gasteiger partial charge in [-0.1, -0.05) is 30.3 Å². The number of aliphatic hydroxyl groups is 1. The zero-order chi connectivity index (χ0) is 15.5. The number of benzene rings is 1. The van der Waals surface area contributed by atoms with Gasteiger partial charge < -0.3 is 10.4 Å². The highest BCUT2D eigenvalue weighted by Crippen LogP contribution is 2.40. The Morgan fingerprint density at radius 1 is 1.38 bits per heavy atom. The third-order valence-electron chi connectivity index (χ3n) is 3.64. The first-order valence-corrected chi connectivity index (χ1v) is 7.60. The van der Waals surface area contributed by atoms with Crippen molar-refractivity contribution in [2.24, 2.45) is 5.92 Å². The van der Waals surface area contributed by atoms with Gasteiger partial charge in [-0.05, 0) is 45.2 Å². The van der Waals surface area contributed by atoms with Crippen LogP contribution in [0.3, 0.4) is 0 Å². The van der Waals surface area contributed by atoms with E-state index in [0.717, 1.165) is 0 Å². The lowest BCUT2D eigenvalue weighted by molar-refractivity contribution is -0.123. The number of likely N-dealkylation sites (N-methyl/N-ethyl adjacent to an activating group) is 1. The van der Waals surface area contributed by atoms with E-state index in [1.54, 1.807) is 13.8 Å². The van der Waals surface area contributed by atoms with Crippen LogP contribution in [-0.4, -0.2) is 41.7 Å². The Morgan fingerprint density at radius 3 is 2.52 bits per heavy atom. The number of carbonyl (C=O) groups excluding carboxylic acids is 1. The first-order chi connectivity index (χ1) is 9.85. The van der Waals surface area contributed by atoms with Crippen LogP contribution in [0.5, 0.6) is 0 Å². The van der Waals surface area contributed by atoms with E-state index in [1.807, 2.05) is 30.1 Å². The van der Waals surface area contributed by atoms with Crippen LogP contribution < -0.4 is 5.32 Å². The summed E-state index contributed by atoms with van der Waals surface area (Å²) in [5.41, 5.74) is 0.392. The number of hydrogen-bond donors (Lipinski definition) is 2. The monoisotopic (exact) mass is 290 g/mol. The van der Waals surface area contributed by atoms with Crippen molar-refractivity contribution < 1.29 is 9.90 Å². The van der Waals surface area contributed by atoms with Crippen molar-refractivity contribution in [3.8, 4) is 0 Å². The van der Waals surface area contributed by atoms with Gasteiger partial charge >= 0.3 is 0 Å². The van der Waals surface area contributed by atoms with E-state index in [1.165, 1.54) is 18.4 Å². The maximum Gasteiger partial charge on any atom is 0.234 e. The summed E-state index contributed by atoms with van der Waals surface area (Å²) in [5.74, 6) is 0.582. The average molecular weight is 290 g/mol. The number of amides is 1. The Hall–Kier alpha value is -1.39. The molecule has 0 radical (unpaired) electrons. The van der Waals surface area contributed by atoms with Crippen LogP contribution in [-0.2, 0) is 4.79 Å². The summed E-state index contributed by atoms with van der Waals surface area (Å²) in [7, 11) is 1.85. The van der Waals surface area contributed by atoms with Crippen molar-refractivity contribution in [2.45, 2.75) is 38.3 Å². The molecule has 1 aromatic rings. The normalized spacial score (nSPS) is 16.8. The zero-order valence-electron chi connectivity index (χ0n) is 13.2. The summed E-state index contributed by atoms with van der Waals surface area (Å²) >= 11 is 0. The molecule has 4 nitrogen and oxygen atoms in total. The molecule has 0 aromatic heterocycles. The molecule has 1 aliphatic rings. The van der Waals surface area contributed by atoms with Gasteiger partial charge in [0.05, 0.1) is 18.2 Å². The topological polar surface area (TPSA) is 52.6 Å². The minimum Gasteiger partial charge on any atom is -0.389 e. The van der Waals surface area contributed by atoms with Crippen molar-refractivity contribution in [1.82, 2.24) is 10.2 Å². The molecule has 0 aliphatic heterocycles. The van der Waals surface area contributed by atoms with E-state index >= 15 is 0 Å². The van der Waals surface area contributed by atoms with Gasteiger partial charge in [-0.15, -0.1) is 0 Å². The summed E-state index contributed by atoms with van der Waals surface area (Å²) < 4.78 is 0. The molecular weight excluding hydrogens is 264 g/mol. The van der Waals surface area contributed by atoms with Crippen LogP contribution in [0.4, 0.5) is 0 Å². The van der Waals surface area contributed by atoms with Gasteiger partial charge in [0.25, 0.3) is 0 Å². The summed E-state index contributed by atoms with van der Waals surface area (Å²) in [6, 6.07) is 10.3. The van der Waals surface area contributed by atoms with Crippen LogP contribution in [0.1, 0.15) is 38.3 Å². The van der Waals surface area contributed by atoms with Crippen molar-refractivity contribution in [3.63, 3.8) is 0 Å². The molecule has 1 amide bonds. The van der Waals surface area contributed by atoms with E-state index in [-0.39, 0.29) is 11.9 Å². The summed E-state index contributed by atoms with van der Waals surface area (Å²) in [5, 5.41) is 12.9. The molecule has 0 saturated heterocycles. The molecule has 4 heteroatoms. The third kappa shape index (κ3) is 5.48. The van der Waals surface area contributed by atoms with E-state index in [9.17, 15) is 9.90 Å². The van der Waals surface area contributed by atoms with Gasteiger partial charge in [-0.2, -0.15) is 0 Å². The second kappa shape index (κ2) is 6.58. The summed E-state index contributed by atoms with van der Waals surface area (Å²) in [4.78, 5) is 14.1. The Kier molecular flexibility index (Phi) is 5.01. The van der Waals surface area contributed by atoms with Crippen molar-refractivity contribution in [3.05, 3.63) is 35.9 Å². The fraction of sp³-hybridized carbons (Fsp3) is 0.588. The molecule has 1 saturated carbocycles. The molecule has 0 bridgehead atoms. The second-order valence-electron chi connectivity index (χ2n) is 6.78. The van der Waals surface area contributed by atoms with Crippen molar-refractivity contribution >= 4 is 5.91 Å². The largest absolute Gasteiger partial charge is 0.389 e. The van der Waals surface area contributed by atoms with Crippen LogP contribution in [0, 0.1) is 5.92 Å². The highest BCUT2D eigenvalue weighted by molar-refractivity contribution is 5.78. The van der Waals surface area contributed by atoms with E-state index in [0.29, 0.717) is 19.0 Å². The third-order valence-corrected chi connectivity index (χ3v) is 3.64. The molecule has 2 N–H and O–H groups in total. The van der Waals surface area contributed by atoms with E-state index in [2.05, 4.69) is 17.4 Å². The van der Waals surface area contributed by atoms with Gasteiger partial charge in [-0.25, -0.2) is 0 Å². The number of carbonyl (C=O) groups is 1. The molecule has 1 aromatic carbocycles. The van der Waals surface area contributed by atoms with E-state index in [4.69, 9.17) is 0 Å². The molecule has 1 aliphatic carbocycles. The van der Waals surface area contributed by atoms with Crippen LogP contribution in [0.2, 0.25) is 0 Å². The minimum absolute atomic E-state index is 0.0162. The number of hydrogen-bond acceptors (Lipinski definition) is 3. The molecule has 0 heterocycles. The van der Waals surface area contributed by atoms with Crippen LogP contribution in [0.25, 0.3) is 0 Å². The van der Waals surface area contributed by atoms with Gasteiger partial charge in [0.15, 0.2) is 0 Å². The van der Waals surface area contributed by atoms with Crippen LogP contribution >= 0.6 is 0 Å². The lowest BCUT2D eigenvalue weighted by atomic mass is 10.0. The predicted octanol–water partition coefficient (Wildman–Crippen LogP) is 1.96. The van der Waals surface area contributed by atoms with Gasteiger partial charge in [-0.3, -0.25) is 9.69 Å². The predicted molar refractivity (Wildman–Crippen MR) is 83.8 cm³/mol. The quantitative estimate of drug-likeness (QED) is 0.807. The second-order valence-corrected chi connectivity index (χ2v) is 6.78. The van der Waals surface area contributed by atoms with Gasteiger partial charge in [0.1, 0.15) is 0 Å². The van der Waals surface area contributed by atoms with Crippen molar-refractivity contribution in [2.75, 3.05) is 20.1 Å². The number of nitrogens with one attached hydrogen (secondary N) is 1. The fourth-order valence-electron chi connectivity index (χ4n) is 2.74. The molecule has 1 fully saturated rings. The first-order valence-electron chi connectivity index (χ1n) is 7.60. The molecule has 0 spiro atoms. The smallest absolute Gasteiger partial charge is 0.234 e. The lowest BCUT2D eigenvalue weighted by Crippen LogP contribution is -2.43. The Labute approximate surface area is 127 Å². The maximum absolute atomic E-state index is 12.2. The SMILES string of the molecule is CN(CC(=O)NC(c1ccccc1)C1CC1)CC(C)(C)O. The number of rotatable bonds is 7. The summed E-state index contributed by atoms with van der Waals surface area (Å²) in [6.07, 6.45) is 2.36. The zero-order valence-corrected chi connectivity index (χ0v) is 13.2. The molecule has 116 valence electrons. The lowest BCUT2D eigenvalue weighted by Gasteiger charge is -2.26. The van der Waals surface area contributed by atoms with Crippen molar-refractivity contribution in [1.29, 1.82) is 0 Å². The highest BCUT2D eigenvalue weighted by atomic mass is 16.3. The Balaban J connectivity index is 1.91. The molecule has 2 rings (SSSR count). The Morgan fingerprint density at radius 2 is 2.00 bits per heavy atom. The Bertz CT molecular complexity index is 463. The maximum atomic E-state index is 12.2. The number of nitrogens with zero attached hydrogens (tertiary/aromatic N) is 1. The molecule has 21 heavy (non-hydrogen) atoms. The molecule has 1 atom stereocenters. The van der Waals surface area contributed by atoms with Crippen LogP contribution in [0.15, 0.2) is 30.3 Å². The average Bonchev–Trinajstić information content (AvgIpc) is 3.18. The highest BCUT2D eigenvalue weighted by Gasteiger charge is 2.33. The molecule has 1 unspecified atom stereocenters. The fourth-order valence-corrected chi connectivity index (χ4v) is 2.74. The van der Waals surface area contributed by atoms with E-state index < -0.39 is 5.60 Å².